The highest BCUT2D eigenvalue weighted by Gasteiger charge is 2.31. The van der Waals surface area contributed by atoms with Crippen LogP contribution in [0.4, 0.5) is 0 Å². The number of benzene rings is 1. The summed E-state index contributed by atoms with van der Waals surface area (Å²) in [5.41, 5.74) is 2.12. The summed E-state index contributed by atoms with van der Waals surface area (Å²) in [6.45, 7) is 4.34. The van der Waals surface area contributed by atoms with Crippen molar-refractivity contribution in [3.05, 3.63) is 35.9 Å². The lowest BCUT2D eigenvalue weighted by Gasteiger charge is -2.06. The van der Waals surface area contributed by atoms with Crippen LogP contribution in [0.15, 0.2) is 35.3 Å². The Kier molecular flexibility index (Phi) is 3.57. The fourth-order valence-electron chi connectivity index (χ4n) is 2.15. The predicted octanol–water partition coefficient (Wildman–Crippen LogP) is 2.45. The second-order valence-electron chi connectivity index (χ2n) is 4.28. The van der Waals surface area contributed by atoms with E-state index >= 15 is 0 Å². The minimum absolute atomic E-state index is 0.203. The summed E-state index contributed by atoms with van der Waals surface area (Å²) in [7, 11) is 0. The maximum absolute atomic E-state index is 11.6. The lowest BCUT2D eigenvalue weighted by molar-refractivity contribution is -0.144. The highest BCUT2D eigenvalue weighted by molar-refractivity contribution is 6.05. The van der Waals surface area contributed by atoms with Crippen molar-refractivity contribution in [2.75, 3.05) is 6.61 Å². The molecule has 3 heteroatoms. The number of carbonyl (C=O) groups excluding carboxylic acids is 1. The number of ether oxygens (including phenoxy) is 1. The second kappa shape index (κ2) is 5.13. The third-order valence-electron chi connectivity index (χ3n) is 2.97. The first kappa shape index (κ1) is 11.8. The van der Waals surface area contributed by atoms with Crippen LogP contribution in [0.5, 0.6) is 0 Å². The van der Waals surface area contributed by atoms with Crippen LogP contribution in [-0.2, 0) is 9.53 Å². The largest absolute Gasteiger partial charge is 0.464 e. The molecular weight excluding hydrogens is 214 g/mol. The second-order valence-corrected chi connectivity index (χ2v) is 4.28. The Balaban J connectivity index is 2.18. The molecule has 1 aliphatic rings. The molecule has 0 radical (unpaired) electrons. The first-order chi connectivity index (χ1) is 8.22. The van der Waals surface area contributed by atoms with Gasteiger partial charge in [0.25, 0.3) is 0 Å². The van der Waals surface area contributed by atoms with Gasteiger partial charge in [0, 0.05) is 11.6 Å². The summed E-state index contributed by atoms with van der Waals surface area (Å²) < 4.78 is 5.01. The van der Waals surface area contributed by atoms with Gasteiger partial charge in [-0.1, -0.05) is 37.3 Å². The lowest BCUT2D eigenvalue weighted by atomic mass is 9.97. The Morgan fingerprint density at radius 1 is 1.41 bits per heavy atom. The third-order valence-corrected chi connectivity index (χ3v) is 2.97. The zero-order valence-electron chi connectivity index (χ0n) is 10.2. The fraction of sp³-hybridized carbons (Fsp3) is 0.429. The van der Waals surface area contributed by atoms with Crippen molar-refractivity contribution >= 4 is 11.7 Å². The lowest BCUT2D eigenvalue weighted by Crippen LogP contribution is -2.19. The van der Waals surface area contributed by atoms with Crippen LogP contribution in [0.1, 0.15) is 25.8 Å². The summed E-state index contributed by atoms with van der Waals surface area (Å²) in [6.07, 6.45) is 0.753. The van der Waals surface area contributed by atoms with Gasteiger partial charge < -0.3 is 4.74 Å². The molecule has 1 heterocycles. The van der Waals surface area contributed by atoms with E-state index in [1.165, 1.54) is 0 Å². The molecule has 1 aromatic carbocycles. The average Bonchev–Trinajstić information content (AvgIpc) is 2.73. The van der Waals surface area contributed by atoms with E-state index in [0.29, 0.717) is 12.5 Å². The van der Waals surface area contributed by atoms with Crippen molar-refractivity contribution in [2.24, 2.45) is 10.9 Å². The molecular formula is C14H17NO2. The van der Waals surface area contributed by atoms with Crippen LogP contribution in [0.3, 0.4) is 0 Å². The van der Waals surface area contributed by atoms with Crippen LogP contribution in [0.25, 0.3) is 0 Å². The van der Waals surface area contributed by atoms with Gasteiger partial charge in [0.05, 0.1) is 6.61 Å². The van der Waals surface area contributed by atoms with Gasteiger partial charge in [0.1, 0.15) is 6.04 Å². The van der Waals surface area contributed by atoms with E-state index < -0.39 is 0 Å². The van der Waals surface area contributed by atoms with Crippen molar-refractivity contribution < 1.29 is 9.53 Å². The number of hydrogen-bond donors (Lipinski definition) is 0. The van der Waals surface area contributed by atoms with Gasteiger partial charge in [-0.3, -0.25) is 4.99 Å². The molecule has 3 nitrogen and oxygen atoms in total. The quantitative estimate of drug-likeness (QED) is 0.749. The minimum Gasteiger partial charge on any atom is -0.464 e. The van der Waals surface area contributed by atoms with Crippen LogP contribution >= 0.6 is 0 Å². The van der Waals surface area contributed by atoms with Crippen molar-refractivity contribution in [1.29, 1.82) is 0 Å². The zero-order valence-corrected chi connectivity index (χ0v) is 10.2. The molecule has 0 saturated carbocycles. The molecule has 0 N–H and O–H groups in total. The molecule has 90 valence electrons. The Labute approximate surface area is 102 Å². The Bertz CT molecular complexity index is 425. The first-order valence-corrected chi connectivity index (χ1v) is 6.02. The number of aliphatic imine (C=N–C) groups is 1. The van der Waals surface area contributed by atoms with E-state index in [4.69, 9.17) is 4.74 Å². The Morgan fingerprint density at radius 2 is 2.12 bits per heavy atom. The van der Waals surface area contributed by atoms with Crippen molar-refractivity contribution in [3.63, 3.8) is 0 Å². The molecule has 0 aliphatic carbocycles. The van der Waals surface area contributed by atoms with E-state index in [-0.39, 0.29) is 12.0 Å². The van der Waals surface area contributed by atoms with Gasteiger partial charge in [-0.25, -0.2) is 4.79 Å². The van der Waals surface area contributed by atoms with Crippen molar-refractivity contribution in [1.82, 2.24) is 0 Å². The molecule has 0 unspecified atom stereocenters. The summed E-state index contributed by atoms with van der Waals surface area (Å²) in [6, 6.07) is 9.70. The monoisotopic (exact) mass is 231 g/mol. The molecule has 0 saturated heterocycles. The first-order valence-electron chi connectivity index (χ1n) is 6.02. The molecule has 0 fully saturated rings. The van der Waals surface area contributed by atoms with Gasteiger partial charge in [-0.2, -0.15) is 0 Å². The maximum Gasteiger partial charge on any atom is 0.330 e. The van der Waals surface area contributed by atoms with Crippen molar-refractivity contribution in [2.45, 2.75) is 26.3 Å². The SMILES string of the molecule is CCOC(=O)[C@H]1C[C@H](C)C(c2ccccc2)=N1. The molecule has 1 aromatic rings. The molecule has 2 atom stereocenters. The summed E-state index contributed by atoms with van der Waals surface area (Å²) >= 11 is 0. The van der Waals surface area contributed by atoms with E-state index in [1.807, 2.05) is 37.3 Å². The van der Waals surface area contributed by atoms with E-state index in [2.05, 4.69) is 11.9 Å². The van der Waals surface area contributed by atoms with Crippen LogP contribution < -0.4 is 0 Å². The highest BCUT2D eigenvalue weighted by atomic mass is 16.5. The molecule has 0 spiro atoms. The Morgan fingerprint density at radius 3 is 2.76 bits per heavy atom. The molecule has 0 amide bonds. The van der Waals surface area contributed by atoms with Gasteiger partial charge in [-0.05, 0) is 18.9 Å². The summed E-state index contributed by atoms with van der Waals surface area (Å²) in [4.78, 5) is 16.1. The summed E-state index contributed by atoms with van der Waals surface area (Å²) in [5.74, 6) is 0.108. The predicted molar refractivity (Wildman–Crippen MR) is 67.2 cm³/mol. The number of hydrogen-bond acceptors (Lipinski definition) is 3. The van der Waals surface area contributed by atoms with Gasteiger partial charge in [-0.15, -0.1) is 0 Å². The van der Waals surface area contributed by atoms with Crippen LogP contribution in [0.2, 0.25) is 0 Å². The molecule has 0 aromatic heterocycles. The molecule has 1 aliphatic heterocycles. The highest BCUT2D eigenvalue weighted by Crippen LogP contribution is 2.25. The van der Waals surface area contributed by atoms with E-state index in [1.54, 1.807) is 0 Å². The van der Waals surface area contributed by atoms with Gasteiger partial charge >= 0.3 is 5.97 Å². The third kappa shape index (κ3) is 2.54. The maximum atomic E-state index is 11.6. The fourth-order valence-corrected chi connectivity index (χ4v) is 2.15. The number of nitrogens with zero attached hydrogens (tertiary/aromatic N) is 1. The van der Waals surface area contributed by atoms with Gasteiger partial charge in [0.2, 0.25) is 0 Å². The van der Waals surface area contributed by atoms with Crippen molar-refractivity contribution in [3.8, 4) is 0 Å². The molecule has 2 rings (SSSR count). The molecule has 0 bridgehead atoms. The number of esters is 1. The average molecular weight is 231 g/mol. The smallest absolute Gasteiger partial charge is 0.330 e. The normalized spacial score (nSPS) is 23.3. The zero-order chi connectivity index (χ0) is 12.3. The van der Waals surface area contributed by atoms with Crippen LogP contribution in [0, 0.1) is 5.92 Å². The molecule has 17 heavy (non-hydrogen) atoms. The summed E-state index contributed by atoms with van der Waals surface area (Å²) in [5, 5.41) is 0. The standard InChI is InChI=1S/C14H17NO2/c1-3-17-14(16)12-9-10(2)13(15-12)11-7-5-4-6-8-11/h4-8,10,12H,3,9H2,1-2H3/t10-,12+/m0/s1. The van der Waals surface area contributed by atoms with Gasteiger partial charge in [0.15, 0.2) is 0 Å². The number of carbonyl (C=O) groups is 1. The number of rotatable bonds is 3. The minimum atomic E-state index is -0.319. The van der Waals surface area contributed by atoms with Crippen LogP contribution in [-0.4, -0.2) is 24.3 Å². The topological polar surface area (TPSA) is 38.7 Å². The Hall–Kier alpha value is -1.64. The van der Waals surface area contributed by atoms with E-state index in [9.17, 15) is 4.79 Å². The van der Waals surface area contributed by atoms with E-state index in [0.717, 1.165) is 17.7 Å².